The molecule has 4 heteroatoms. The predicted molar refractivity (Wildman–Crippen MR) is 69.1 cm³/mol. The van der Waals surface area contributed by atoms with Gasteiger partial charge in [0, 0.05) is 10.4 Å². The molecule has 0 saturated carbocycles. The Morgan fingerprint density at radius 2 is 2.25 bits per heavy atom. The van der Waals surface area contributed by atoms with E-state index in [-0.39, 0.29) is 18.3 Å². The molecule has 0 radical (unpaired) electrons. The molecule has 0 bridgehead atoms. The molecule has 0 spiro atoms. The van der Waals surface area contributed by atoms with Gasteiger partial charge < -0.3 is 4.74 Å². The summed E-state index contributed by atoms with van der Waals surface area (Å²) < 4.78 is 6.26. The average Bonchev–Trinajstić information content (AvgIpc) is 2.26. The molecule has 0 aliphatic carbocycles. The summed E-state index contributed by atoms with van der Waals surface area (Å²) in [6, 6.07) is 5.32. The molecule has 0 saturated heterocycles. The van der Waals surface area contributed by atoms with E-state index in [9.17, 15) is 4.79 Å². The zero-order chi connectivity index (χ0) is 12.1. The van der Waals surface area contributed by atoms with Crippen molar-refractivity contribution in [2.45, 2.75) is 20.3 Å². The minimum atomic E-state index is 0.0363. The summed E-state index contributed by atoms with van der Waals surface area (Å²) in [4.78, 5) is 11.5. The Bertz CT molecular complexity index is 379. The van der Waals surface area contributed by atoms with Crippen LogP contribution >= 0.6 is 27.5 Å². The van der Waals surface area contributed by atoms with Crippen molar-refractivity contribution in [1.29, 1.82) is 0 Å². The molecule has 1 unspecified atom stereocenters. The third-order valence-corrected chi connectivity index (χ3v) is 3.21. The SMILES string of the molecule is CCC(C)C(=O)COc1ccc(Br)cc1Cl. The van der Waals surface area contributed by atoms with Gasteiger partial charge in [-0.1, -0.05) is 41.4 Å². The van der Waals surface area contributed by atoms with E-state index in [0.29, 0.717) is 10.8 Å². The molecule has 1 aromatic carbocycles. The van der Waals surface area contributed by atoms with Crippen LogP contribution in [0.1, 0.15) is 20.3 Å². The summed E-state index contributed by atoms with van der Waals surface area (Å²) in [7, 11) is 0. The van der Waals surface area contributed by atoms with Gasteiger partial charge in [0.15, 0.2) is 5.78 Å². The van der Waals surface area contributed by atoms with Crippen LogP contribution in [0.25, 0.3) is 0 Å². The number of halogens is 2. The van der Waals surface area contributed by atoms with Crippen LogP contribution in [0.3, 0.4) is 0 Å². The van der Waals surface area contributed by atoms with Crippen molar-refractivity contribution >= 4 is 33.3 Å². The Labute approximate surface area is 109 Å². The molecule has 16 heavy (non-hydrogen) atoms. The predicted octanol–water partition coefficient (Wildman–Crippen LogP) is 4.10. The second-order valence-corrected chi connectivity index (χ2v) is 4.96. The lowest BCUT2D eigenvalue weighted by atomic mass is 10.1. The van der Waals surface area contributed by atoms with Crippen molar-refractivity contribution in [3.05, 3.63) is 27.7 Å². The van der Waals surface area contributed by atoms with E-state index in [0.717, 1.165) is 10.9 Å². The third kappa shape index (κ3) is 3.80. The Kier molecular flexibility index (Phi) is 5.29. The highest BCUT2D eigenvalue weighted by molar-refractivity contribution is 9.10. The number of ether oxygens (including phenoxy) is 1. The van der Waals surface area contributed by atoms with Gasteiger partial charge in [0.05, 0.1) is 5.02 Å². The van der Waals surface area contributed by atoms with Crippen molar-refractivity contribution in [1.82, 2.24) is 0 Å². The average molecular weight is 306 g/mol. The minimum Gasteiger partial charge on any atom is -0.484 e. The fourth-order valence-corrected chi connectivity index (χ4v) is 1.84. The summed E-state index contributed by atoms with van der Waals surface area (Å²) in [6.45, 7) is 3.96. The van der Waals surface area contributed by atoms with Gasteiger partial charge in [-0.2, -0.15) is 0 Å². The van der Waals surface area contributed by atoms with Crippen LogP contribution < -0.4 is 4.74 Å². The standard InChI is InChI=1S/C12H14BrClO2/c1-3-8(2)11(15)7-16-12-5-4-9(13)6-10(12)14/h4-6,8H,3,7H2,1-2H3. The van der Waals surface area contributed by atoms with E-state index in [4.69, 9.17) is 16.3 Å². The molecule has 1 atom stereocenters. The first kappa shape index (κ1) is 13.5. The van der Waals surface area contributed by atoms with E-state index in [2.05, 4.69) is 15.9 Å². The van der Waals surface area contributed by atoms with Gasteiger partial charge in [-0.25, -0.2) is 0 Å². The van der Waals surface area contributed by atoms with Crippen LogP contribution in [0.15, 0.2) is 22.7 Å². The number of ketones is 1. The lowest BCUT2D eigenvalue weighted by Gasteiger charge is -2.10. The Morgan fingerprint density at radius 1 is 1.56 bits per heavy atom. The first-order valence-corrected chi connectivity index (χ1v) is 6.32. The molecule has 0 aliphatic heterocycles. The van der Waals surface area contributed by atoms with Gasteiger partial charge in [-0.3, -0.25) is 4.79 Å². The highest BCUT2D eigenvalue weighted by atomic mass is 79.9. The van der Waals surface area contributed by atoms with E-state index in [1.54, 1.807) is 12.1 Å². The monoisotopic (exact) mass is 304 g/mol. The zero-order valence-electron chi connectivity index (χ0n) is 9.30. The van der Waals surface area contributed by atoms with Crippen molar-refractivity contribution in [3.8, 4) is 5.75 Å². The van der Waals surface area contributed by atoms with Crippen LogP contribution in [0.5, 0.6) is 5.75 Å². The van der Waals surface area contributed by atoms with Crippen LogP contribution in [0.2, 0.25) is 5.02 Å². The Morgan fingerprint density at radius 3 is 2.81 bits per heavy atom. The second kappa shape index (κ2) is 6.26. The summed E-state index contributed by atoms with van der Waals surface area (Å²) in [6.07, 6.45) is 0.830. The number of Topliss-reactive ketones (excluding diaryl/α,β-unsaturated/α-hetero) is 1. The van der Waals surface area contributed by atoms with Crippen LogP contribution in [0, 0.1) is 5.92 Å². The van der Waals surface area contributed by atoms with Gasteiger partial charge in [-0.15, -0.1) is 0 Å². The van der Waals surface area contributed by atoms with Crippen LogP contribution in [-0.4, -0.2) is 12.4 Å². The molecular formula is C12H14BrClO2. The van der Waals surface area contributed by atoms with Gasteiger partial charge in [0.1, 0.15) is 12.4 Å². The second-order valence-electron chi connectivity index (χ2n) is 3.64. The summed E-state index contributed by atoms with van der Waals surface area (Å²) in [5.74, 6) is 0.678. The minimum absolute atomic E-state index is 0.0363. The van der Waals surface area contributed by atoms with Crippen LogP contribution in [0.4, 0.5) is 0 Å². The molecule has 0 aliphatic rings. The maximum absolute atomic E-state index is 11.5. The number of carbonyl (C=O) groups excluding carboxylic acids is 1. The molecule has 0 N–H and O–H groups in total. The fourth-order valence-electron chi connectivity index (χ4n) is 1.11. The maximum Gasteiger partial charge on any atom is 0.172 e. The summed E-state index contributed by atoms with van der Waals surface area (Å²) in [5, 5.41) is 0.506. The quantitative estimate of drug-likeness (QED) is 0.819. The van der Waals surface area contributed by atoms with E-state index in [1.165, 1.54) is 0 Å². The van der Waals surface area contributed by atoms with Gasteiger partial charge >= 0.3 is 0 Å². The Balaban J connectivity index is 2.58. The van der Waals surface area contributed by atoms with Crippen molar-refractivity contribution in [2.75, 3.05) is 6.61 Å². The zero-order valence-corrected chi connectivity index (χ0v) is 11.6. The molecule has 0 aromatic heterocycles. The molecule has 1 aromatic rings. The van der Waals surface area contributed by atoms with Crippen LogP contribution in [-0.2, 0) is 4.79 Å². The van der Waals surface area contributed by atoms with Crippen molar-refractivity contribution < 1.29 is 9.53 Å². The molecule has 1 rings (SSSR count). The first-order chi connectivity index (χ1) is 7.54. The lowest BCUT2D eigenvalue weighted by Crippen LogP contribution is -2.18. The van der Waals surface area contributed by atoms with Gasteiger partial charge in [-0.05, 0) is 24.6 Å². The highest BCUT2D eigenvalue weighted by Gasteiger charge is 2.12. The first-order valence-electron chi connectivity index (χ1n) is 5.15. The molecule has 0 amide bonds. The van der Waals surface area contributed by atoms with E-state index in [1.807, 2.05) is 19.9 Å². The van der Waals surface area contributed by atoms with Crippen molar-refractivity contribution in [2.24, 2.45) is 5.92 Å². The maximum atomic E-state index is 11.5. The third-order valence-electron chi connectivity index (χ3n) is 2.43. The lowest BCUT2D eigenvalue weighted by molar-refractivity contribution is -0.124. The van der Waals surface area contributed by atoms with Gasteiger partial charge in [0.2, 0.25) is 0 Å². The molecule has 88 valence electrons. The molecule has 2 nitrogen and oxygen atoms in total. The smallest absolute Gasteiger partial charge is 0.172 e. The number of hydrogen-bond donors (Lipinski definition) is 0. The molecule has 0 fully saturated rings. The van der Waals surface area contributed by atoms with Gasteiger partial charge in [0.25, 0.3) is 0 Å². The number of benzene rings is 1. The fraction of sp³-hybridized carbons (Fsp3) is 0.417. The molecule has 0 heterocycles. The van der Waals surface area contributed by atoms with E-state index >= 15 is 0 Å². The molecular weight excluding hydrogens is 291 g/mol. The normalized spacial score (nSPS) is 12.2. The highest BCUT2D eigenvalue weighted by Crippen LogP contribution is 2.27. The summed E-state index contributed by atoms with van der Waals surface area (Å²) >= 11 is 9.26. The largest absolute Gasteiger partial charge is 0.484 e. The summed E-state index contributed by atoms with van der Waals surface area (Å²) in [5.41, 5.74) is 0. The number of carbonyl (C=O) groups is 1. The number of rotatable bonds is 5. The van der Waals surface area contributed by atoms with Crippen molar-refractivity contribution in [3.63, 3.8) is 0 Å². The number of hydrogen-bond acceptors (Lipinski definition) is 2. The topological polar surface area (TPSA) is 26.3 Å². The van der Waals surface area contributed by atoms with E-state index < -0.39 is 0 Å². The Hall–Kier alpha value is -0.540.